The minimum Gasteiger partial charge on any atom is -0.365 e. The number of rotatable bonds is 4. The van der Waals surface area contributed by atoms with E-state index in [4.69, 9.17) is 10.7 Å². The summed E-state index contributed by atoms with van der Waals surface area (Å²) in [6.07, 6.45) is 4.24. The zero-order valence-electron chi connectivity index (χ0n) is 13.8. The maximum absolute atomic E-state index is 5.90. The molecule has 124 valence electrons. The number of benzene rings is 1. The molecule has 0 saturated carbocycles. The summed E-state index contributed by atoms with van der Waals surface area (Å²) in [4.78, 5) is 7.21. The Morgan fingerprint density at radius 1 is 1.29 bits per heavy atom. The fraction of sp³-hybridized carbons (Fsp3) is 0.333. The van der Waals surface area contributed by atoms with Gasteiger partial charge in [0, 0.05) is 37.4 Å². The second kappa shape index (κ2) is 6.37. The van der Waals surface area contributed by atoms with Crippen LogP contribution in [0.2, 0.25) is 0 Å². The van der Waals surface area contributed by atoms with Crippen molar-refractivity contribution in [2.24, 2.45) is 12.8 Å². The summed E-state index contributed by atoms with van der Waals surface area (Å²) in [5, 5.41) is 7.57. The molecule has 3 heterocycles. The molecular weight excluding hydrogens is 318 g/mol. The highest BCUT2D eigenvalue weighted by molar-refractivity contribution is 7.13. The molecule has 24 heavy (non-hydrogen) atoms. The van der Waals surface area contributed by atoms with Gasteiger partial charge in [0.1, 0.15) is 10.7 Å². The monoisotopic (exact) mass is 339 g/mol. The fourth-order valence-corrected chi connectivity index (χ4v) is 4.13. The predicted octanol–water partition coefficient (Wildman–Crippen LogP) is 2.96. The Labute approximate surface area is 145 Å². The molecule has 0 atom stereocenters. The van der Waals surface area contributed by atoms with E-state index >= 15 is 0 Å². The molecule has 2 N–H and O–H groups in total. The number of fused-ring (bicyclic) bond motifs is 1. The average Bonchev–Trinajstić information content (AvgIpc) is 3.23. The van der Waals surface area contributed by atoms with Gasteiger partial charge < -0.3 is 10.6 Å². The van der Waals surface area contributed by atoms with Gasteiger partial charge in [0.25, 0.3) is 0 Å². The maximum atomic E-state index is 5.90. The lowest BCUT2D eigenvalue weighted by Gasteiger charge is -2.32. The number of nitrogens with two attached hydrogens (primary N) is 1. The molecule has 4 rings (SSSR count). The van der Waals surface area contributed by atoms with Crippen molar-refractivity contribution in [1.29, 1.82) is 0 Å². The first kappa shape index (κ1) is 15.4. The molecule has 1 aromatic carbocycles. The third kappa shape index (κ3) is 2.83. The molecule has 3 aromatic rings. The molecule has 2 aromatic heterocycles. The van der Waals surface area contributed by atoms with Crippen LogP contribution in [0.5, 0.6) is 0 Å². The van der Waals surface area contributed by atoms with Crippen molar-refractivity contribution >= 4 is 17.0 Å². The zero-order chi connectivity index (χ0) is 16.5. The minimum atomic E-state index is 0.609. The summed E-state index contributed by atoms with van der Waals surface area (Å²) in [5.41, 5.74) is 11.9. The molecule has 0 amide bonds. The second-order valence-electron chi connectivity index (χ2n) is 6.16. The predicted molar refractivity (Wildman–Crippen MR) is 98.0 cm³/mol. The highest BCUT2D eigenvalue weighted by atomic mass is 32.1. The Kier molecular flexibility index (Phi) is 4.08. The first-order chi connectivity index (χ1) is 11.7. The highest BCUT2D eigenvalue weighted by Crippen LogP contribution is 2.31. The Bertz CT molecular complexity index is 851. The molecule has 0 bridgehead atoms. The van der Waals surface area contributed by atoms with Crippen LogP contribution in [0.1, 0.15) is 23.2 Å². The van der Waals surface area contributed by atoms with E-state index in [0.29, 0.717) is 6.54 Å². The normalized spacial score (nSPS) is 14.0. The molecule has 1 aliphatic heterocycles. The largest absolute Gasteiger partial charge is 0.365 e. The third-order valence-corrected chi connectivity index (χ3v) is 5.41. The number of hydrogen-bond acceptors (Lipinski definition) is 5. The first-order valence-corrected chi connectivity index (χ1v) is 9.13. The van der Waals surface area contributed by atoms with Gasteiger partial charge >= 0.3 is 0 Å². The highest BCUT2D eigenvalue weighted by Gasteiger charge is 2.20. The Hall–Kier alpha value is -2.18. The summed E-state index contributed by atoms with van der Waals surface area (Å²) in [5.74, 6) is 0. The fourth-order valence-electron chi connectivity index (χ4n) is 3.35. The van der Waals surface area contributed by atoms with Crippen LogP contribution in [-0.2, 0) is 26.6 Å². The molecule has 0 unspecified atom stereocenters. The van der Waals surface area contributed by atoms with Crippen LogP contribution in [0.3, 0.4) is 0 Å². The molecule has 0 aliphatic carbocycles. The number of nitrogens with zero attached hydrogens (tertiary/aromatic N) is 4. The standard InChI is InChI=1S/C18H21N5S/c1-22-9-7-16(21-22)18-20-14(12-24-18)11-23-8-3-5-15-13(10-19)4-2-6-17(15)23/h2,4,6-7,9,12H,3,5,8,10-11,19H2,1H3. The van der Waals surface area contributed by atoms with Crippen molar-refractivity contribution in [3.8, 4) is 10.7 Å². The SMILES string of the molecule is Cn1ccc(-c2nc(CN3CCCc4c(CN)cccc43)cs2)n1. The third-order valence-electron chi connectivity index (χ3n) is 4.50. The number of anilines is 1. The molecule has 0 spiro atoms. The van der Waals surface area contributed by atoms with E-state index in [0.717, 1.165) is 35.9 Å². The lowest BCUT2D eigenvalue weighted by Crippen LogP contribution is -2.29. The Balaban J connectivity index is 1.58. The quantitative estimate of drug-likeness (QED) is 0.794. The molecule has 6 heteroatoms. The Morgan fingerprint density at radius 3 is 3.00 bits per heavy atom. The number of aryl methyl sites for hydroxylation is 1. The van der Waals surface area contributed by atoms with Crippen molar-refractivity contribution in [1.82, 2.24) is 14.8 Å². The van der Waals surface area contributed by atoms with Crippen molar-refractivity contribution in [3.63, 3.8) is 0 Å². The van der Waals surface area contributed by atoms with Crippen molar-refractivity contribution in [2.45, 2.75) is 25.9 Å². The molecule has 1 aliphatic rings. The molecular formula is C18H21N5S. The van der Waals surface area contributed by atoms with E-state index in [1.165, 1.54) is 23.2 Å². The lowest BCUT2D eigenvalue weighted by atomic mass is 9.96. The van der Waals surface area contributed by atoms with Gasteiger partial charge in [0.2, 0.25) is 0 Å². The molecule has 0 fully saturated rings. The number of thiazole rings is 1. The van der Waals surface area contributed by atoms with Gasteiger partial charge in [-0.2, -0.15) is 5.10 Å². The summed E-state index contributed by atoms with van der Waals surface area (Å²) >= 11 is 1.66. The van der Waals surface area contributed by atoms with E-state index in [9.17, 15) is 0 Å². The lowest BCUT2D eigenvalue weighted by molar-refractivity contribution is 0.680. The Morgan fingerprint density at radius 2 is 2.21 bits per heavy atom. The van der Waals surface area contributed by atoms with Gasteiger partial charge in [-0.05, 0) is 36.1 Å². The van der Waals surface area contributed by atoms with Gasteiger partial charge in [-0.3, -0.25) is 4.68 Å². The summed E-state index contributed by atoms with van der Waals surface area (Å²) in [7, 11) is 1.93. The summed E-state index contributed by atoms with van der Waals surface area (Å²) < 4.78 is 1.81. The van der Waals surface area contributed by atoms with Crippen LogP contribution >= 0.6 is 11.3 Å². The van der Waals surface area contributed by atoms with Gasteiger partial charge in [-0.25, -0.2) is 4.98 Å². The van der Waals surface area contributed by atoms with Crippen molar-refractivity contribution in [2.75, 3.05) is 11.4 Å². The maximum Gasteiger partial charge on any atom is 0.144 e. The van der Waals surface area contributed by atoms with E-state index < -0.39 is 0 Å². The van der Waals surface area contributed by atoms with Gasteiger partial charge in [0.15, 0.2) is 0 Å². The topological polar surface area (TPSA) is 60.0 Å². The first-order valence-electron chi connectivity index (χ1n) is 8.25. The van der Waals surface area contributed by atoms with Crippen LogP contribution < -0.4 is 10.6 Å². The van der Waals surface area contributed by atoms with Crippen LogP contribution in [0.15, 0.2) is 35.8 Å². The van der Waals surface area contributed by atoms with Gasteiger partial charge in [0.05, 0.1) is 12.2 Å². The molecule has 0 saturated heterocycles. The smallest absolute Gasteiger partial charge is 0.144 e. The van der Waals surface area contributed by atoms with Crippen LogP contribution in [-0.4, -0.2) is 21.3 Å². The van der Waals surface area contributed by atoms with Gasteiger partial charge in [-0.1, -0.05) is 12.1 Å². The number of hydrogen-bond donors (Lipinski definition) is 1. The van der Waals surface area contributed by atoms with E-state index in [1.807, 2.05) is 24.0 Å². The minimum absolute atomic E-state index is 0.609. The van der Waals surface area contributed by atoms with E-state index in [2.05, 4.69) is 33.6 Å². The summed E-state index contributed by atoms with van der Waals surface area (Å²) in [6.45, 7) is 2.51. The average molecular weight is 339 g/mol. The van der Waals surface area contributed by atoms with Crippen molar-refractivity contribution < 1.29 is 0 Å². The number of aromatic nitrogens is 3. The van der Waals surface area contributed by atoms with Crippen molar-refractivity contribution in [3.05, 3.63) is 52.7 Å². The second-order valence-corrected chi connectivity index (χ2v) is 7.02. The van der Waals surface area contributed by atoms with Crippen LogP contribution in [0, 0.1) is 0 Å². The molecule has 0 radical (unpaired) electrons. The van der Waals surface area contributed by atoms with E-state index in [-0.39, 0.29) is 0 Å². The zero-order valence-corrected chi connectivity index (χ0v) is 14.6. The van der Waals surface area contributed by atoms with Crippen LogP contribution in [0.4, 0.5) is 5.69 Å². The summed E-state index contributed by atoms with van der Waals surface area (Å²) in [6, 6.07) is 8.47. The van der Waals surface area contributed by atoms with Gasteiger partial charge in [-0.15, -0.1) is 11.3 Å². The van der Waals surface area contributed by atoms with E-state index in [1.54, 1.807) is 11.3 Å². The molecule has 5 nitrogen and oxygen atoms in total. The van der Waals surface area contributed by atoms with Crippen LogP contribution in [0.25, 0.3) is 10.7 Å².